The van der Waals surface area contributed by atoms with Gasteiger partial charge < -0.3 is 14.9 Å². The zero-order chi connectivity index (χ0) is 17.9. The van der Waals surface area contributed by atoms with Crippen LogP contribution in [0.5, 0.6) is 0 Å². The number of aryl methyl sites for hydroxylation is 1. The lowest BCUT2D eigenvalue weighted by molar-refractivity contribution is 0.0954. The number of aromatic amines is 1. The molecule has 130 valence electrons. The van der Waals surface area contributed by atoms with Gasteiger partial charge in [0.1, 0.15) is 0 Å². The van der Waals surface area contributed by atoms with Crippen molar-refractivity contribution < 1.29 is 4.79 Å². The minimum atomic E-state index is -0.271. The standard InChI is InChI=1S/C21H19N3O2/c25-20-14-17(16-7-2-3-8-18(16)23-20)21(26)22-11-5-12-24-13-10-15-6-1-4-9-19(15)24/h1-4,6-10,13-14H,5,11-12H2,(H,22,26)(H,23,25). The lowest BCUT2D eigenvalue weighted by Gasteiger charge is -2.09. The van der Waals surface area contributed by atoms with Crippen LogP contribution in [0.4, 0.5) is 0 Å². The van der Waals surface area contributed by atoms with E-state index in [1.165, 1.54) is 17.0 Å². The molecule has 0 bridgehead atoms. The number of nitrogens with one attached hydrogen (secondary N) is 2. The van der Waals surface area contributed by atoms with E-state index in [-0.39, 0.29) is 11.5 Å². The van der Waals surface area contributed by atoms with Crippen LogP contribution in [0.25, 0.3) is 21.8 Å². The van der Waals surface area contributed by atoms with Crippen molar-refractivity contribution in [3.05, 3.63) is 82.8 Å². The molecule has 5 heteroatoms. The van der Waals surface area contributed by atoms with Gasteiger partial charge in [0.2, 0.25) is 5.56 Å². The van der Waals surface area contributed by atoms with E-state index in [4.69, 9.17) is 0 Å². The van der Waals surface area contributed by atoms with Crippen LogP contribution in [0.2, 0.25) is 0 Å². The predicted molar refractivity (Wildman–Crippen MR) is 103 cm³/mol. The Balaban J connectivity index is 1.42. The molecular formula is C21H19N3O2. The van der Waals surface area contributed by atoms with Crippen molar-refractivity contribution >= 4 is 27.7 Å². The van der Waals surface area contributed by atoms with Gasteiger partial charge in [-0.25, -0.2) is 0 Å². The van der Waals surface area contributed by atoms with Gasteiger partial charge in [-0.1, -0.05) is 36.4 Å². The summed E-state index contributed by atoms with van der Waals surface area (Å²) in [5.74, 6) is -0.218. The number of carbonyl (C=O) groups is 1. The molecule has 0 aliphatic rings. The molecule has 0 radical (unpaired) electrons. The van der Waals surface area contributed by atoms with Gasteiger partial charge in [0, 0.05) is 41.8 Å². The van der Waals surface area contributed by atoms with Crippen molar-refractivity contribution in [3.8, 4) is 0 Å². The smallest absolute Gasteiger partial charge is 0.252 e. The summed E-state index contributed by atoms with van der Waals surface area (Å²) in [5.41, 5.74) is 2.01. The van der Waals surface area contributed by atoms with Crippen LogP contribution in [0.3, 0.4) is 0 Å². The van der Waals surface area contributed by atoms with Crippen molar-refractivity contribution in [2.24, 2.45) is 0 Å². The number of hydrogen-bond acceptors (Lipinski definition) is 2. The maximum absolute atomic E-state index is 12.5. The van der Waals surface area contributed by atoms with Crippen LogP contribution >= 0.6 is 0 Å². The third kappa shape index (κ3) is 3.11. The molecule has 2 N–H and O–H groups in total. The second kappa shape index (κ2) is 6.88. The number of para-hydroxylation sites is 2. The van der Waals surface area contributed by atoms with Gasteiger partial charge in [0.25, 0.3) is 5.91 Å². The van der Waals surface area contributed by atoms with E-state index in [0.29, 0.717) is 17.6 Å². The summed E-state index contributed by atoms with van der Waals surface area (Å²) < 4.78 is 2.18. The van der Waals surface area contributed by atoms with Crippen LogP contribution in [0, 0.1) is 0 Å². The van der Waals surface area contributed by atoms with E-state index < -0.39 is 0 Å². The van der Waals surface area contributed by atoms with Gasteiger partial charge in [-0.3, -0.25) is 9.59 Å². The third-order valence-corrected chi connectivity index (χ3v) is 4.54. The highest BCUT2D eigenvalue weighted by Gasteiger charge is 2.11. The molecule has 0 atom stereocenters. The first-order valence-corrected chi connectivity index (χ1v) is 8.66. The average Bonchev–Trinajstić information content (AvgIpc) is 3.07. The number of H-pyrrole nitrogens is 1. The lowest BCUT2D eigenvalue weighted by Crippen LogP contribution is -2.26. The number of nitrogens with zero attached hydrogens (tertiary/aromatic N) is 1. The molecule has 5 nitrogen and oxygen atoms in total. The van der Waals surface area contributed by atoms with Crippen LogP contribution in [-0.4, -0.2) is 22.0 Å². The summed E-state index contributed by atoms with van der Waals surface area (Å²) >= 11 is 0. The van der Waals surface area contributed by atoms with Crippen molar-refractivity contribution in [1.29, 1.82) is 0 Å². The molecule has 2 heterocycles. The minimum Gasteiger partial charge on any atom is -0.352 e. The van der Waals surface area contributed by atoms with Gasteiger partial charge in [0.15, 0.2) is 0 Å². The average molecular weight is 345 g/mol. The number of fused-ring (bicyclic) bond motifs is 2. The van der Waals surface area contributed by atoms with Crippen LogP contribution in [0.1, 0.15) is 16.8 Å². The number of pyridine rings is 1. The monoisotopic (exact) mass is 345 g/mol. The molecule has 2 aromatic carbocycles. The zero-order valence-electron chi connectivity index (χ0n) is 14.2. The van der Waals surface area contributed by atoms with Crippen LogP contribution in [0.15, 0.2) is 71.7 Å². The number of carbonyl (C=O) groups excluding carboxylic acids is 1. The first kappa shape index (κ1) is 16.1. The molecule has 0 saturated heterocycles. The first-order chi connectivity index (χ1) is 12.7. The molecule has 0 spiro atoms. The Labute approximate surface area is 150 Å². The lowest BCUT2D eigenvalue weighted by atomic mass is 10.1. The molecule has 0 fully saturated rings. The molecule has 0 saturated carbocycles. The van der Waals surface area contributed by atoms with E-state index >= 15 is 0 Å². The van der Waals surface area contributed by atoms with Gasteiger partial charge >= 0.3 is 0 Å². The molecule has 4 aromatic rings. The topological polar surface area (TPSA) is 66.9 Å². The quantitative estimate of drug-likeness (QED) is 0.545. The summed E-state index contributed by atoms with van der Waals surface area (Å²) in [7, 11) is 0. The van der Waals surface area contributed by atoms with E-state index in [9.17, 15) is 9.59 Å². The van der Waals surface area contributed by atoms with E-state index in [1.807, 2.05) is 30.3 Å². The highest BCUT2D eigenvalue weighted by Crippen LogP contribution is 2.16. The zero-order valence-corrected chi connectivity index (χ0v) is 14.2. The van der Waals surface area contributed by atoms with Crippen LogP contribution < -0.4 is 10.9 Å². The molecule has 0 aliphatic heterocycles. The summed E-state index contributed by atoms with van der Waals surface area (Å²) in [6.45, 7) is 1.37. The maximum atomic E-state index is 12.5. The number of rotatable bonds is 5. The Morgan fingerprint density at radius 1 is 1.04 bits per heavy atom. The number of aromatic nitrogens is 2. The van der Waals surface area contributed by atoms with Gasteiger partial charge in [-0.15, -0.1) is 0 Å². The van der Waals surface area contributed by atoms with Crippen molar-refractivity contribution in [1.82, 2.24) is 14.9 Å². The van der Waals surface area contributed by atoms with Crippen molar-refractivity contribution in [3.63, 3.8) is 0 Å². The predicted octanol–water partition coefficient (Wildman–Crippen LogP) is 3.30. The fraction of sp³-hybridized carbons (Fsp3) is 0.143. The molecule has 0 unspecified atom stereocenters. The largest absolute Gasteiger partial charge is 0.352 e. The van der Waals surface area contributed by atoms with Crippen molar-refractivity contribution in [2.45, 2.75) is 13.0 Å². The highest BCUT2D eigenvalue weighted by atomic mass is 16.2. The molecule has 2 aromatic heterocycles. The second-order valence-electron chi connectivity index (χ2n) is 6.27. The molecule has 0 aliphatic carbocycles. The molecule has 4 rings (SSSR count). The SMILES string of the molecule is O=C(NCCCn1ccc2ccccc21)c1cc(=O)[nH]c2ccccc12. The summed E-state index contributed by atoms with van der Waals surface area (Å²) in [6, 6.07) is 19.0. The Morgan fingerprint density at radius 2 is 1.85 bits per heavy atom. The number of amides is 1. The fourth-order valence-electron chi connectivity index (χ4n) is 3.27. The Morgan fingerprint density at radius 3 is 2.77 bits per heavy atom. The van der Waals surface area contributed by atoms with Crippen LogP contribution in [-0.2, 0) is 6.54 Å². The Kier molecular flexibility index (Phi) is 4.27. The van der Waals surface area contributed by atoms with Crippen molar-refractivity contribution in [2.75, 3.05) is 6.54 Å². The minimum absolute atomic E-state index is 0.218. The van der Waals surface area contributed by atoms with Gasteiger partial charge in [-0.05, 0) is 30.0 Å². The molecule has 26 heavy (non-hydrogen) atoms. The summed E-state index contributed by atoms with van der Waals surface area (Å²) in [6.07, 6.45) is 2.88. The second-order valence-corrected chi connectivity index (χ2v) is 6.27. The Hall–Kier alpha value is -3.34. The van der Waals surface area contributed by atoms with Gasteiger partial charge in [-0.2, -0.15) is 0 Å². The summed E-state index contributed by atoms with van der Waals surface area (Å²) in [5, 5.41) is 4.89. The third-order valence-electron chi connectivity index (χ3n) is 4.54. The van der Waals surface area contributed by atoms with E-state index in [2.05, 4.69) is 39.3 Å². The molecule has 1 amide bonds. The molecular weight excluding hydrogens is 326 g/mol. The first-order valence-electron chi connectivity index (χ1n) is 8.66. The fourth-order valence-corrected chi connectivity index (χ4v) is 3.27. The Bertz CT molecular complexity index is 1140. The van der Waals surface area contributed by atoms with E-state index in [1.54, 1.807) is 6.07 Å². The maximum Gasteiger partial charge on any atom is 0.252 e. The summed E-state index contributed by atoms with van der Waals surface area (Å²) in [4.78, 5) is 27.0. The number of benzene rings is 2. The highest BCUT2D eigenvalue weighted by molar-refractivity contribution is 6.05. The van der Waals surface area contributed by atoms with E-state index in [0.717, 1.165) is 18.4 Å². The number of hydrogen-bond donors (Lipinski definition) is 2. The normalized spacial score (nSPS) is 11.1. The van der Waals surface area contributed by atoms with Gasteiger partial charge in [0.05, 0.1) is 5.56 Å².